The van der Waals surface area contributed by atoms with Gasteiger partial charge in [-0.05, 0) is 30.7 Å². The molecule has 0 saturated carbocycles. The number of aryl methyl sites for hydroxylation is 1. The molecule has 10 heteroatoms. The maximum Gasteiger partial charge on any atom is 0.270 e. The first-order chi connectivity index (χ1) is 15.0. The normalized spacial score (nSPS) is 23.2. The van der Waals surface area contributed by atoms with Crippen molar-refractivity contribution in [3.63, 3.8) is 0 Å². The molecular formula is C21H23FN4O5. The van der Waals surface area contributed by atoms with Gasteiger partial charge in [0.25, 0.3) is 5.91 Å². The van der Waals surface area contributed by atoms with E-state index in [1.165, 1.54) is 12.1 Å². The monoisotopic (exact) mass is 430 g/mol. The van der Waals surface area contributed by atoms with E-state index in [0.717, 1.165) is 5.56 Å². The van der Waals surface area contributed by atoms with Crippen LogP contribution in [0.25, 0.3) is 0 Å². The van der Waals surface area contributed by atoms with Gasteiger partial charge in [-0.25, -0.2) is 14.4 Å². The second-order valence-corrected chi connectivity index (χ2v) is 7.39. The summed E-state index contributed by atoms with van der Waals surface area (Å²) in [5.41, 5.74) is 2.08. The molecule has 2 aliphatic rings. The van der Waals surface area contributed by atoms with Gasteiger partial charge in [-0.3, -0.25) is 4.79 Å². The summed E-state index contributed by atoms with van der Waals surface area (Å²) in [4.78, 5) is 26.7. The van der Waals surface area contributed by atoms with Crippen LogP contribution < -0.4 is 5.32 Å². The fourth-order valence-corrected chi connectivity index (χ4v) is 3.33. The number of benzene rings is 1. The van der Waals surface area contributed by atoms with E-state index >= 15 is 0 Å². The Morgan fingerprint density at radius 1 is 1.19 bits per heavy atom. The molecule has 0 spiro atoms. The third-order valence-corrected chi connectivity index (χ3v) is 5.04. The molecule has 0 aliphatic carbocycles. The number of halogens is 1. The van der Waals surface area contributed by atoms with Crippen LogP contribution >= 0.6 is 0 Å². The number of carbonyl (C=O) groups excluding carboxylic acids is 1. The maximum atomic E-state index is 13.0. The van der Waals surface area contributed by atoms with Gasteiger partial charge in [0, 0.05) is 13.0 Å². The van der Waals surface area contributed by atoms with E-state index in [2.05, 4.69) is 20.4 Å². The smallest absolute Gasteiger partial charge is 0.270 e. The standard InChI is InChI=1S/C21H23FN4O5/c1-12-24-16(17-7-19(31-26-17)20-11-29-15(9-27)10-30-20)6-18(25-12)21(28)23-8-13-2-4-14(22)5-3-13/h2-6,15,19-20,27H,7-11H2,1H3,(H,23,28)/t15-,19-,20-/m0/s1. The van der Waals surface area contributed by atoms with Crippen molar-refractivity contribution in [3.8, 4) is 0 Å². The Balaban J connectivity index is 1.38. The average molecular weight is 430 g/mol. The zero-order valence-corrected chi connectivity index (χ0v) is 17.0. The van der Waals surface area contributed by atoms with Crippen LogP contribution in [0.5, 0.6) is 0 Å². The highest BCUT2D eigenvalue weighted by Crippen LogP contribution is 2.23. The van der Waals surface area contributed by atoms with Crippen molar-refractivity contribution >= 4 is 11.6 Å². The molecule has 0 bridgehead atoms. The number of aromatic nitrogens is 2. The molecule has 2 aromatic rings. The summed E-state index contributed by atoms with van der Waals surface area (Å²) < 4.78 is 24.3. The lowest BCUT2D eigenvalue weighted by molar-refractivity contribution is -0.178. The number of oxime groups is 1. The molecular weight excluding hydrogens is 407 g/mol. The van der Waals surface area contributed by atoms with Crippen LogP contribution in [0.4, 0.5) is 4.39 Å². The Kier molecular flexibility index (Phi) is 6.50. The molecule has 3 heterocycles. The number of amides is 1. The number of aliphatic hydroxyl groups is 1. The zero-order chi connectivity index (χ0) is 21.8. The molecule has 2 aliphatic heterocycles. The van der Waals surface area contributed by atoms with E-state index in [-0.39, 0.29) is 48.9 Å². The third kappa shape index (κ3) is 5.22. The minimum Gasteiger partial charge on any atom is -0.394 e. The van der Waals surface area contributed by atoms with Crippen LogP contribution in [0, 0.1) is 12.7 Å². The summed E-state index contributed by atoms with van der Waals surface area (Å²) in [6.45, 7) is 2.45. The highest BCUT2D eigenvalue weighted by molar-refractivity contribution is 6.02. The van der Waals surface area contributed by atoms with E-state index in [1.807, 2.05) is 0 Å². The molecule has 1 saturated heterocycles. The Labute approximate surface area is 178 Å². The summed E-state index contributed by atoms with van der Waals surface area (Å²) in [5, 5.41) is 16.0. The number of ether oxygens (including phenoxy) is 2. The van der Waals surface area contributed by atoms with Gasteiger partial charge in [0.2, 0.25) is 0 Å². The summed E-state index contributed by atoms with van der Waals surface area (Å²) in [5.74, 6) is -0.271. The first-order valence-corrected chi connectivity index (χ1v) is 9.97. The number of rotatable bonds is 6. The van der Waals surface area contributed by atoms with Crippen molar-refractivity contribution < 1.29 is 28.6 Å². The van der Waals surface area contributed by atoms with Gasteiger partial charge in [0.05, 0.1) is 25.5 Å². The third-order valence-electron chi connectivity index (χ3n) is 5.04. The molecule has 3 atom stereocenters. The summed E-state index contributed by atoms with van der Waals surface area (Å²) in [6.07, 6.45) is -0.505. The average Bonchev–Trinajstić information content (AvgIpc) is 3.28. The zero-order valence-electron chi connectivity index (χ0n) is 17.0. The fraction of sp³-hybridized carbons (Fsp3) is 0.429. The Bertz CT molecular complexity index is 961. The van der Waals surface area contributed by atoms with Crippen LogP contribution in [0.2, 0.25) is 0 Å². The largest absolute Gasteiger partial charge is 0.394 e. The van der Waals surface area contributed by atoms with Crippen LogP contribution in [-0.2, 0) is 20.9 Å². The quantitative estimate of drug-likeness (QED) is 0.706. The molecule has 4 rings (SSSR count). The minimum absolute atomic E-state index is 0.0911. The lowest BCUT2D eigenvalue weighted by atomic mass is 10.0. The van der Waals surface area contributed by atoms with E-state index < -0.39 is 0 Å². The molecule has 1 amide bonds. The molecule has 0 radical (unpaired) electrons. The van der Waals surface area contributed by atoms with Gasteiger partial charge in [0.1, 0.15) is 35.3 Å². The predicted octanol–water partition coefficient (Wildman–Crippen LogP) is 1.12. The molecule has 164 valence electrons. The Hall–Kier alpha value is -2.95. The van der Waals surface area contributed by atoms with E-state index in [0.29, 0.717) is 36.9 Å². The fourth-order valence-electron chi connectivity index (χ4n) is 3.33. The minimum atomic E-state index is -0.369. The first-order valence-electron chi connectivity index (χ1n) is 9.97. The number of nitrogens with one attached hydrogen (secondary N) is 1. The highest BCUT2D eigenvalue weighted by atomic mass is 19.1. The van der Waals surface area contributed by atoms with Crippen molar-refractivity contribution in [2.24, 2.45) is 5.16 Å². The molecule has 1 aromatic heterocycles. The van der Waals surface area contributed by atoms with Crippen LogP contribution in [0.15, 0.2) is 35.5 Å². The molecule has 1 aromatic carbocycles. The SMILES string of the molecule is Cc1nc(C(=O)NCc2ccc(F)cc2)cc(C2=NO[C@H]([C@@H]3CO[C@@H](CO)CO3)C2)n1. The summed E-state index contributed by atoms with van der Waals surface area (Å²) in [6, 6.07) is 7.47. The molecule has 0 unspecified atom stereocenters. The first kappa shape index (κ1) is 21.3. The Morgan fingerprint density at radius 3 is 2.71 bits per heavy atom. The highest BCUT2D eigenvalue weighted by Gasteiger charge is 2.35. The predicted molar refractivity (Wildman–Crippen MR) is 107 cm³/mol. The number of nitrogens with zero attached hydrogens (tertiary/aromatic N) is 3. The number of hydrogen-bond acceptors (Lipinski definition) is 8. The van der Waals surface area contributed by atoms with E-state index in [9.17, 15) is 9.18 Å². The lowest BCUT2D eigenvalue weighted by Crippen LogP contribution is -2.43. The summed E-state index contributed by atoms with van der Waals surface area (Å²) >= 11 is 0. The van der Waals surface area contributed by atoms with Gasteiger partial charge in [-0.1, -0.05) is 17.3 Å². The maximum absolute atomic E-state index is 13.0. The van der Waals surface area contributed by atoms with Crippen molar-refractivity contribution in [1.82, 2.24) is 15.3 Å². The number of hydrogen-bond donors (Lipinski definition) is 2. The second kappa shape index (κ2) is 9.46. The second-order valence-electron chi connectivity index (χ2n) is 7.39. The van der Waals surface area contributed by atoms with Crippen LogP contribution in [0.3, 0.4) is 0 Å². The van der Waals surface area contributed by atoms with Gasteiger partial charge >= 0.3 is 0 Å². The van der Waals surface area contributed by atoms with Gasteiger partial charge < -0.3 is 24.7 Å². The van der Waals surface area contributed by atoms with E-state index in [1.54, 1.807) is 25.1 Å². The Morgan fingerprint density at radius 2 is 2.00 bits per heavy atom. The van der Waals surface area contributed by atoms with Crippen molar-refractivity contribution in [2.75, 3.05) is 19.8 Å². The number of aliphatic hydroxyl groups excluding tert-OH is 1. The lowest BCUT2D eigenvalue weighted by Gasteiger charge is -2.30. The summed E-state index contributed by atoms with van der Waals surface area (Å²) in [7, 11) is 0. The molecule has 1 fully saturated rings. The number of carbonyl (C=O) groups is 1. The van der Waals surface area contributed by atoms with Gasteiger partial charge in [-0.15, -0.1) is 0 Å². The van der Waals surface area contributed by atoms with Crippen molar-refractivity contribution in [2.45, 2.75) is 38.2 Å². The van der Waals surface area contributed by atoms with Gasteiger partial charge in [0.15, 0.2) is 6.10 Å². The topological polar surface area (TPSA) is 115 Å². The van der Waals surface area contributed by atoms with Crippen molar-refractivity contribution in [3.05, 3.63) is 58.9 Å². The molecule has 9 nitrogen and oxygen atoms in total. The van der Waals surface area contributed by atoms with Crippen LogP contribution in [-0.4, -0.2) is 64.8 Å². The van der Waals surface area contributed by atoms with E-state index in [4.69, 9.17) is 19.4 Å². The van der Waals surface area contributed by atoms with Crippen molar-refractivity contribution in [1.29, 1.82) is 0 Å². The molecule has 31 heavy (non-hydrogen) atoms. The van der Waals surface area contributed by atoms with Gasteiger partial charge in [-0.2, -0.15) is 0 Å². The van der Waals surface area contributed by atoms with Crippen LogP contribution in [0.1, 0.15) is 34.0 Å². The molecule has 2 N–H and O–H groups in total.